The van der Waals surface area contributed by atoms with E-state index in [9.17, 15) is 4.39 Å². The number of halogens is 2. The van der Waals surface area contributed by atoms with Crippen molar-refractivity contribution < 1.29 is 4.39 Å². The predicted molar refractivity (Wildman–Crippen MR) is 56.1 cm³/mol. The van der Waals surface area contributed by atoms with Crippen LogP contribution in [-0.4, -0.2) is 6.04 Å². The highest BCUT2D eigenvalue weighted by Crippen LogP contribution is 2.17. The van der Waals surface area contributed by atoms with Gasteiger partial charge in [0.2, 0.25) is 0 Å². The molecule has 72 valence electrons. The maximum Gasteiger partial charge on any atom is 0.137 e. The van der Waals surface area contributed by atoms with Gasteiger partial charge in [-0.05, 0) is 53.4 Å². The van der Waals surface area contributed by atoms with Gasteiger partial charge in [0.25, 0.3) is 0 Å². The van der Waals surface area contributed by atoms with E-state index in [1.165, 1.54) is 6.07 Å². The van der Waals surface area contributed by atoms with E-state index in [1.807, 2.05) is 6.92 Å². The number of hydrogen-bond donors (Lipinski definition) is 1. The van der Waals surface area contributed by atoms with Crippen LogP contribution in [0, 0.1) is 5.82 Å². The monoisotopic (exact) mass is 245 g/mol. The molecule has 1 aromatic rings. The van der Waals surface area contributed by atoms with Gasteiger partial charge in [-0.15, -0.1) is 0 Å². The lowest BCUT2D eigenvalue weighted by molar-refractivity contribution is 0.618. The van der Waals surface area contributed by atoms with Crippen molar-refractivity contribution in [2.45, 2.75) is 25.8 Å². The van der Waals surface area contributed by atoms with Gasteiger partial charge < -0.3 is 5.73 Å². The molecule has 0 fully saturated rings. The van der Waals surface area contributed by atoms with Gasteiger partial charge in [0, 0.05) is 6.04 Å². The molecule has 13 heavy (non-hydrogen) atoms. The maximum absolute atomic E-state index is 12.8. The second-order valence-corrected chi connectivity index (χ2v) is 4.12. The van der Waals surface area contributed by atoms with Gasteiger partial charge in [-0.2, -0.15) is 0 Å². The Labute approximate surface area is 86.3 Å². The van der Waals surface area contributed by atoms with E-state index < -0.39 is 0 Å². The Morgan fingerprint density at radius 1 is 1.54 bits per heavy atom. The molecule has 0 aliphatic rings. The van der Waals surface area contributed by atoms with E-state index in [2.05, 4.69) is 15.9 Å². The molecule has 3 heteroatoms. The lowest BCUT2D eigenvalue weighted by Gasteiger charge is -2.05. The van der Waals surface area contributed by atoms with Crippen molar-refractivity contribution in [1.29, 1.82) is 0 Å². The molecule has 0 heterocycles. The standard InChI is InChI=1S/C10H13BrFN/c1-7(13)2-3-8-4-5-10(12)9(11)6-8/h4-7H,2-3,13H2,1H3/t7-/m0/s1. The Morgan fingerprint density at radius 2 is 2.23 bits per heavy atom. The molecule has 0 bridgehead atoms. The normalized spacial score (nSPS) is 12.9. The topological polar surface area (TPSA) is 26.0 Å². The van der Waals surface area contributed by atoms with Crippen LogP contribution in [0.5, 0.6) is 0 Å². The van der Waals surface area contributed by atoms with E-state index in [-0.39, 0.29) is 11.9 Å². The first kappa shape index (κ1) is 10.7. The number of nitrogens with two attached hydrogens (primary N) is 1. The predicted octanol–water partition coefficient (Wildman–Crippen LogP) is 2.87. The van der Waals surface area contributed by atoms with Crippen molar-refractivity contribution in [3.05, 3.63) is 34.1 Å². The van der Waals surface area contributed by atoms with Crippen LogP contribution in [0.2, 0.25) is 0 Å². The summed E-state index contributed by atoms with van der Waals surface area (Å²) in [7, 11) is 0. The van der Waals surface area contributed by atoms with Gasteiger partial charge in [-0.3, -0.25) is 0 Å². The van der Waals surface area contributed by atoms with Crippen molar-refractivity contribution in [2.24, 2.45) is 5.73 Å². The van der Waals surface area contributed by atoms with Crippen molar-refractivity contribution in [3.8, 4) is 0 Å². The molecule has 0 aliphatic carbocycles. The Kier molecular flexibility index (Phi) is 3.88. The SMILES string of the molecule is C[C@H](N)CCc1ccc(F)c(Br)c1. The van der Waals surface area contributed by atoms with E-state index in [0.29, 0.717) is 4.47 Å². The summed E-state index contributed by atoms with van der Waals surface area (Å²) in [6.45, 7) is 1.97. The summed E-state index contributed by atoms with van der Waals surface area (Å²) in [5, 5.41) is 0. The number of aryl methyl sites for hydroxylation is 1. The molecule has 1 nitrogen and oxygen atoms in total. The first-order chi connectivity index (χ1) is 6.09. The summed E-state index contributed by atoms with van der Waals surface area (Å²) in [5.41, 5.74) is 6.74. The fourth-order valence-electron chi connectivity index (χ4n) is 1.09. The second kappa shape index (κ2) is 4.72. The van der Waals surface area contributed by atoms with Gasteiger partial charge in [0.15, 0.2) is 0 Å². The zero-order valence-electron chi connectivity index (χ0n) is 7.56. The fraction of sp³-hybridized carbons (Fsp3) is 0.400. The molecular weight excluding hydrogens is 233 g/mol. The average Bonchev–Trinajstić information content (AvgIpc) is 2.07. The minimum Gasteiger partial charge on any atom is -0.328 e. The van der Waals surface area contributed by atoms with E-state index in [1.54, 1.807) is 12.1 Å². The van der Waals surface area contributed by atoms with Crippen molar-refractivity contribution >= 4 is 15.9 Å². The van der Waals surface area contributed by atoms with E-state index >= 15 is 0 Å². The molecule has 0 amide bonds. The second-order valence-electron chi connectivity index (χ2n) is 3.26. The smallest absolute Gasteiger partial charge is 0.137 e. The number of rotatable bonds is 3. The van der Waals surface area contributed by atoms with Crippen LogP contribution < -0.4 is 5.73 Å². The molecule has 1 rings (SSSR count). The summed E-state index contributed by atoms with van der Waals surface area (Å²) in [6.07, 6.45) is 1.83. The minimum absolute atomic E-state index is 0.198. The maximum atomic E-state index is 12.8. The summed E-state index contributed by atoms with van der Waals surface area (Å²) in [6, 6.07) is 5.27. The van der Waals surface area contributed by atoms with Gasteiger partial charge in [-0.25, -0.2) is 4.39 Å². The molecular formula is C10H13BrFN. The summed E-state index contributed by atoms with van der Waals surface area (Å²) < 4.78 is 13.3. The average molecular weight is 246 g/mol. The zero-order chi connectivity index (χ0) is 9.84. The van der Waals surface area contributed by atoms with Crippen molar-refractivity contribution in [3.63, 3.8) is 0 Å². The third kappa shape index (κ3) is 3.44. The van der Waals surface area contributed by atoms with Crippen LogP contribution >= 0.6 is 15.9 Å². The van der Waals surface area contributed by atoms with Crippen LogP contribution in [0.15, 0.2) is 22.7 Å². The Balaban J connectivity index is 2.63. The number of hydrogen-bond acceptors (Lipinski definition) is 1. The molecule has 0 spiro atoms. The lowest BCUT2D eigenvalue weighted by atomic mass is 10.1. The third-order valence-corrected chi connectivity index (χ3v) is 2.48. The summed E-state index contributed by atoms with van der Waals surface area (Å²) >= 11 is 3.15. The molecule has 0 radical (unpaired) electrons. The van der Waals surface area contributed by atoms with E-state index in [4.69, 9.17) is 5.73 Å². The Hall–Kier alpha value is -0.410. The van der Waals surface area contributed by atoms with Crippen molar-refractivity contribution in [2.75, 3.05) is 0 Å². The molecule has 1 aromatic carbocycles. The first-order valence-electron chi connectivity index (χ1n) is 4.29. The number of benzene rings is 1. The van der Waals surface area contributed by atoms with E-state index in [0.717, 1.165) is 18.4 Å². The van der Waals surface area contributed by atoms with Crippen LogP contribution in [0.3, 0.4) is 0 Å². The van der Waals surface area contributed by atoms with Gasteiger partial charge in [0.05, 0.1) is 4.47 Å². The van der Waals surface area contributed by atoms with Crippen LogP contribution in [0.25, 0.3) is 0 Å². The van der Waals surface area contributed by atoms with Gasteiger partial charge in [-0.1, -0.05) is 6.07 Å². The zero-order valence-corrected chi connectivity index (χ0v) is 9.14. The lowest BCUT2D eigenvalue weighted by Crippen LogP contribution is -2.15. The molecule has 2 N–H and O–H groups in total. The first-order valence-corrected chi connectivity index (χ1v) is 5.08. The molecule has 0 saturated carbocycles. The van der Waals surface area contributed by atoms with Crippen LogP contribution in [0.1, 0.15) is 18.9 Å². The Morgan fingerprint density at radius 3 is 2.77 bits per heavy atom. The molecule has 0 aromatic heterocycles. The van der Waals surface area contributed by atoms with Gasteiger partial charge >= 0.3 is 0 Å². The summed E-state index contributed by atoms with van der Waals surface area (Å²) in [5.74, 6) is -0.218. The third-order valence-electron chi connectivity index (χ3n) is 1.87. The highest BCUT2D eigenvalue weighted by molar-refractivity contribution is 9.10. The summed E-state index contributed by atoms with van der Waals surface area (Å²) in [4.78, 5) is 0. The Bertz CT molecular complexity index is 286. The highest BCUT2D eigenvalue weighted by atomic mass is 79.9. The van der Waals surface area contributed by atoms with Crippen LogP contribution in [0.4, 0.5) is 4.39 Å². The van der Waals surface area contributed by atoms with Crippen molar-refractivity contribution in [1.82, 2.24) is 0 Å². The molecule has 0 unspecified atom stereocenters. The highest BCUT2D eigenvalue weighted by Gasteiger charge is 2.01. The quantitative estimate of drug-likeness (QED) is 0.871. The minimum atomic E-state index is -0.218. The van der Waals surface area contributed by atoms with Crippen LogP contribution in [-0.2, 0) is 6.42 Å². The molecule has 1 atom stereocenters. The fourth-order valence-corrected chi connectivity index (χ4v) is 1.52. The molecule has 0 saturated heterocycles. The van der Waals surface area contributed by atoms with Gasteiger partial charge in [0.1, 0.15) is 5.82 Å². The largest absolute Gasteiger partial charge is 0.328 e. The molecule has 0 aliphatic heterocycles.